The number of hydrogen-bond acceptors (Lipinski definition) is 6. The van der Waals surface area contributed by atoms with Crippen molar-refractivity contribution in [2.24, 2.45) is 5.92 Å². The molecule has 0 N–H and O–H groups in total. The average molecular weight is 299 g/mol. The van der Waals surface area contributed by atoms with E-state index in [-0.39, 0.29) is 11.8 Å². The smallest absolute Gasteiger partial charge is 0.278 e. The standard InChI is InChI=1S/C15H17N5O2/c21-13-6-11(9-20(13)8-10-2-1-3-10)14-18-15(22-19-14)12-7-16-4-5-17-12/h4-5,7,10-11H,1-3,6,8-9H2. The molecule has 3 heterocycles. The van der Waals surface area contributed by atoms with Crippen LogP contribution in [-0.4, -0.2) is 44.0 Å². The maximum Gasteiger partial charge on any atom is 0.278 e. The molecule has 1 saturated carbocycles. The summed E-state index contributed by atoms with van der Waals surface area (Å²) < 4.78 is 5.25. The fourth-order valence-corrected chi connectivity index (χ4v) is 3.02. The quantitative estimate of drug-likeness (QED) is 0.853. The lowest BCUT2D eigenvalue weighted by Crippen LogP contribution is -2.33. The molecule has 2 aliphatic rings. The Morgan fingerprint density at radius 3 is 2.95 bits per heavy atom. The Hall–Kier alpha value is -2.31. The van der Waals surface area contributed by atoms with Crippen LogP contribution >= 0.6 is 0 Å². The lowest BCUT2D eigenvalue weighted by Gasteiger charge is -2.30. The van der Waals surface area contributed by atoms with E-state index in [0.717, 1.165) is 6.54 Å². The van der Waals surface area contributed by atoms with Gasteiger partial charge in [0.05, 0.1) is 6.20 Å². The van der Waals surface area contributed by atoms with E-state index < -0.39 is 0 Å². The second-order valence-corrected chi connectivity index (χ2v) is 6.05. The summed E-state index contributed by atoms with van der Waals surface area (Å²) in [4.78, 5) is 26.6. The lowest BCUT2D eigenvalue weighted by molar-refractivity contribution is -0.128. The first-order chi connectivity index (χ1) is 10.8. The van der Waals surface area contributed by atoms with Gasteiger partial charge >= 0.3 is 0 Å². The van der Waals surface area contributed by atoms with Crippen LogP contribution in [0.4, 0.5) is 0 Å². The molecule has 114 valence electrons. The molecule has 1 atom stereocenters. The summed E-state index contributed by atoms with van der Waals surface area (Å²) in [6.07, 6.45) is 9.00. The van der Waals surface area contributed by atoms with E-state index in [1.165, 1.54) is 19.3 Å². The van der Waals surface area contributed by atoms with E-state index in [0.29, 0.717) is 36.3 Å². The molecule has 7 heteroatoms. The summed E-state index contributed by atoms with van der Waals surface area (Å²) in [6, 6.07) is 0. The molecule has 0 spiro atoms. The monoisotopic (exact) mass is 299 g/mol. The zero-order valence-corrected chi connectivity index (χ0v) is 12.2. The average Bonchev–Trinajstić information content (AvgIpc) is 3.11. The van der Waals surface area contributed by atoms with Crippen LogP contribution in [0.15, 0.2) is 23.1 Å². The summed E-state index contributed by atoms with van der Waals surface area (Å²) in [5.41, 5.74) is 0.553. The topological polar surface area (TPSA) is 85.0 Å². The van der Waals surface area contributed by atoms with Crippen molar-refractivity contribution in [1.82, 2.24) is 25.0 Å². The maximum absolute atomic E-state index is 12.1. The van der Waals surface area contributed by atoms with Gasteiger partial charge in [0.15, 0.2) is 5.82 Å². The maximum atomic E-state index is 12.1. The van der Waals surface area contributed by atoms with Crippen LogP contribution in [0.5, 0.6) is 0 Å². The van der Waals surface area contributed by atoms with Gasteiger partial charge in [0, 0.05) is 37.8 Å². The highest BCUT2D eigenvalue weighted by Crippen LogP contribution is 2.32. The summed E-state index contributed by atoms with van der Waals surface area (Å²) in [5, 5.41) is 4.02. The van der Waals surface area contributed by atoms with E-state index >= 15 is 0 Å². The van der Waals surface area contributed by atoms with Gasteiger partial charge in [-0.1, -0.05) is 11.6 Å². The number of carbonyl (C=O) groups is 1. The predicted octanol–water partition coefficient (Wildman–Crippen LogP) is 1.64. The van der Waals surface area contributed by atoms with Crippen LogP contribution in [0.3, 0.4) is 0 Å². The minimum atomic E-state index is 0.0155. The molecule has 2 aromatic heterocycles. The third kappa shape index (κ3) is 2.47. The Morgan fingerprint density at radius 2 is 2.23 bits per heavy atom. The zero-order chi connectivity index (χ0) is 14.9. The highest BCUT2D eigenvalue weighted by molar-refractivity contribution is 5.79. The molecule has 1 unspecified atom stereocenters. The van der Waals surface area contributed by atoms with Gasteiger partial charge in [-0.25, -0.2) is 4.98 Å². The Labute approximate surface area is 127 Å². The van der Waals surface area contributed by atoms with Gasteiger partial charge in [-0.15, -0.1) is 0 Å². The van der Waals surface area contributed by atoms with Crippen LogP contribution in [0.1, 0.15) is 37.4 Å². The fourth-order valence-electron chi connectivity index (χ4n) is 3.02. The molecule has 7 nitrogen and oxygen atoms in total. The number of carbonyl (C=O) groups excluding carboxylic acids is 1. The molecule has 0 radical (unpaired) electrons. The van der Waals surface area contributed by atoms with E-state index in [1.54, 1.807) is 18.6 Å². The molecule has 4 rings (SSSR count). The summed E-state index contributed by atoms with van der Waals surface area (Å²) in [7, 11) is 0. The highest BCUT2D eigenvalue weighted by Gasteiger charge is 2.35. The summed E-state index contributed by atoms with van der Waals surface area (Å²) >= 11 is 0. The van der Waals surface area contributed by atoms with Crippen LogP contribution in [-0.2, 0) is 4.79 Å². The van der Waals surface area contributed by atoms with E-state index in [1.807, 2.05) is 4.90 Å². The molecule has 1 saturated heterocycles. The molecule has 1 aliphatic carbocycles. The predicted molar refractivity (Wildman–Crippen MR) is 76.6 cm³/mol. The van der Waals surface area contributed by atoms with Crippen molar-refractivity contribution in [3.63, 3.8) is 0 Å². The normalized spacial score (nSPS) is 22.1. The number of aromatic nitrogens is 4. The van der Waals surface area contributed by atoms with Gasteiger partial charge in [-0.2, -0.15) is 4.98 Å². The van der Waals surface area contributed by atoms with Crippen molar-refractivity contribution < 1.29 is 9.32 Å². The second kappa shape index (κ2) is 5.47. The molecule has 22 heavy (non-hydrogen) atoms. The van der Waals surface area contributed by atoms with Crippen molar-refractivity contribution in [2.45, 2.75) is 31.6 Å². The van der Waals surface area contributed by atoms with Gasteiger partial charge in [-0.05, 0) is 18.8 Å². The van der Waals surface area contributed by atoms with E-state index in [2.05, 4.69) is 20.1 Å². The van der Waals surface area contributed by atoms with Gasteiger partial charge < -0.3 is 9.42 Å². The number of hydrogen-bond donors (Lipinski definition) is 0. The molecule has 2 fully saturated rings. The fraction of sp³-hybridized carbons (Fsp3) is 0.533. The Kier molecular flexibility index (Phi) is 3.32. The molecule has 1 amide bonds. The summed E-state index contributed by atoms with van der Waals surface area (Å²) in [5.74, 6) is 1.84. The first-order valence-corrected chi connectivity index (χ1v) is 7.67. The van der Waals surface area contributed by atoms with Crippen LogP contribution in [0, 0.1) is 5.92 Å². The van der Waals surface area contributed by atoms with Crippen molar-refractivity contribution >= 4 is 5.91 Å². The summed E-state index contributed by atoms with van der Waals surface area (Å²) in [6.45, 7) is 1.57. The van der Waals surface area contributed by atoms with Gasteiger partial charge in [0.1, 0.15) is 5.69 Å². The highest BCUT2D eigenvalue weighted by atomic mass is 16.5. The zero-order valence-electron chi connectivity index (χ0n) is 12.2. The Morgan fingerprint density at radius 1 is 1.32 bits per heavy atom. The Balaban J connectivity index is 1.46. The second-order valence-electron chi connectivity index (χ2n) is 6.05. The lowest BCUT2D eigenvalue weighted by atomic mass is 9.85. The molecule has 1 aliphatic heterocycles. The van der Waals surface area contributed by atoms with Crippen molar-refractivity contribution in [2.75, 3.05) is 13.1 Å². The number of nitrogens with zero attached hydrogens (tertiary/aromatic N) is 5. The first-order valence-electron chi connectivity index (χ1n) is 7.67. The third-order valence-electron chi connectivity index (χ3n) is 4.51. The van der Waals surface area contributed by atoms with Crippen molar-refractivity contribution in [1.29, 1.82) is 0 Å². The van der Waals surface area contributed by atoms with E-state index in [4.69, 9.17) is 4.52 Å². The van der Waals surface area contributed by atoms with Crippen LogP contribution in [0.25, 0.3) is 11.6 Å². The Bertz CT molecular complexity index is 668. The largest absolute Gasteiger partial charge is 0.342 e. The SMILES string of the molecule is O=C1CC(c2noc(-c3cnccn3)n2)CN1CC1CCC1. The minimum Gasteiger partial charge on any atom is -0.342 e. The number of rotatable bonds is 4. The molecule has 0 aromatic carbocycles. The molecule has 2 aromatic rings. The van der Waals surface area contributed by atoms with Gasteiger partial charge in [0.25, 0.3) is 5.89 Å². The van der Waals surface area contributed by atoms with Crippen LogP contribution in [0.2, 0.25) is 0 Å². The van der Waals surface area contributed by atoms with Crippen molar-refractivity contribution in [3.05, 3.63) is 24.4 Å². The number of amides is 1. The number of likely N-dealkylation sites (tertiary alicyclic amines) is 1. The minimum absolute atomic E-state index is 0.0155. The molecular weight excluding hydrogens is 282 g/mol. The molecular formula is C15H17N5O2. The van der Waals surface area contributed by atoms with Gasteiger partial charge in [-0.3, -0.25) is 9.78 Å². The third-order valence-corrected chi connectivity index (χ3v) is 4.51. The first kappa shape index (κ1) is 13.4. The van der Waals surface area contributed by atoms with Gasteiger partial charge in [0.2, 0.25) is 5.91 Å². The van der Waals surface area contributed by atoms with Crippen molar-refractivity contribution in [3.8, 4) is 11.6 Å². The molecule has 0 bridgehead atoms. The van der Waals surface area contributed by atoms with E-state index in [9.17, 15) is 4.79 Å². The van der Waals surface area contributed by atoms with Crippen LogP contribution < -0.4 is 0 Å².